The van der Waals surface area contributed by atoms with E-state index in [4.69, 9.17) is 14.8 Å². The van der Waals surface area contributed by atoms with Crippen LogP contribution in [0.3, 0.4) is 0 Å². The van der Waals surface area contributed by atoms with Crippen LogP contribution in [0.4, 0.5) is 4.79 Å². The average Bonchev–Trinajstić information content (AvgIpc) is 3.53. The maximum Gasteiger partial charge on any atom is 0.407 e. The minimum absolute atomic E-state index is 0.00143. The number of nitrogens with zero attached hydrogens (tertiary/aromatic N) is 4. The number of carbonyl (C=O) groups is 2. The van der Waals surface area contributed by atoms with E-state index < -0.39 is 11.7 Å². The van der Waals surface area contributed by atoms with Gasteiger partial charge < -0.3 is 15.0 Å². The quantitative estimate of drug-likeness (QED) is 0.688. The third-order valence-electron chi connectivity index (χ3n) is 6.46. The van der Waals surface area contributed by atoms with Gasteiger partial charge in [0, 0.05) is 30.7 Å². The number of nitrogens with one attached hydrogen (secondary N) is 1. The molecule has 1 aliphatic carbocycles. The number of piperidine rings is 1. The highest BCUT2D eigenvalue weighted by Crippen LogP contribution is 2.41. The van der Waals surface area contributed by atoms with Crippen LogP contribution in [0, 0.1) is 6.92 Å². The number of likely N-dealkylation sites (tertiary alicyclic amines) is 1. The molecule has 2 aromatic rings. The zero-order chi connectivity index (χ0) is 24.8. The van der Waals surface area contributed by atoms with Crippen molar-refractivity contribution in [2.75, 3.05) is 13.1 Å². The molecule has 1 atom stereocenters. The van der Waals surface area contributed by atoms with Gasteiger partial charge in [-0.15, -0.1) is 0 Å². The molecule has 8 heteroatoms. The van der Waals surface area contributed by atoms with Gasteiger partial charge in [-0.05, 0) is 86.6 Å². The Kier molecular flexibility index (Phi) is 6.38. The van der Waals surface area contributed by atoms with Gasteiger partial charge >= 0.3 is 6.09 Å². The van der Waals surface area contributed by atoms with Crippen molar-refractivity contribution in [2.24, 2.45) is 0 Å². The molecule has 2 aromatic heterocycles. The predicted molar refractivity (Wildman–Crippen MR) is 132 cm³/mol. The van der Waals surface area contributed by atoms with Crippen molar-refractivity contribution in [3.63, 3.8) is 0 Å². The van der Waals surface area contributed by atoms with Crippen molar-refractivity contribution in [1.29, 1.82) is 0 Å². The Morgan fingerprint density at radius 1 is 1.12 bits per heavy atom. The van der Waals surface area contributed by atoms with E-state index in [0.29, 0.717) is 24.6 Å². The maximum atomic E-state index is 14.0. The maximum absolute atomic E-state index is 14.0. The number of aryl methyl sites for hydroxylation is 1. The number of hydrogen-bond donors (Lipinski definition) is 1. The first-order chi connectivity index (χ1) is 15.8. The number of hydrogen-bond acceptors (Lipinski definition) is 5. The molecule has 3 heterocycles. The van der Waals surface area contributed by atoms with E-state index >= 15 is 0 Å². The zero-order valence-corrected chi connectivity index (χ0v) is 21.7. The summed E-state index contributed by atoms with van der Waals surface area (Å²) in [7, 11) is 0. The smallest absolute Gasteiger partial charge is 0.407 e. The van der Waals surface area contributed by atoms with E-state index in [1.54, 1.807) is 0 Å². The highest BCUT2D eigenvalue weighted by Gasteiger charge is 2.34. The van der Waals surface area contributed by atoms with Crippen LogP contribution in [0.2, 0.25) is 0 Å². The molecular weight excluding hydrogens is 430 g/mol. The van der Waals surface area contributed by atoms with E-state index in [9.17, 15) is 9.59 Å². The molecule has 1 N–H and O–H groups in total. The Labute approximate surface area is 202 Å². The van der Waals surface area contributed by atoms with Crippen molar-refractivity contribution in [3.8, 4) is 0 Å². The fraction of sp³-hybridized carbons (Fsp3) is 0.692. The number of amides is 2. The highest BCUT2D eigenvalue weighted by molar-refractivity contribution is 6.06. The first-order valence-corrected chi connectivity index (χ1v) is 12.5. The molecule has 4 rings (SSSR count). The van der Waals surface area contributed by atoms with E-state index in [2.05, 4.69) is 26.1 Å². The van der Waals surface area contributed by atoms with Crippen LogP contribution in [0.1, 0.15) is 101 Å². The Morgan fingerprint density at radius 2 is 1.82 bits per heavy atom. The molecule has 2 fully saturated rings. The van der Waals surface area contributed by atoms with Gasteiger partial charge in [-0.3, -0.25) is 4.79 Å². The summed E-state index contributed by atoms with van der Waals surface area (Å²) in [5, 5.41) is 8.51. The summed E-state index contributed by atoms with van der Waals surface area (Å²) in [6, 6.07) is 1.93. The number of carbonyl (C=O) groups excluding carboxylic acids is 2. The Hall–Kier alpha value is -2.64. The molecule has 1 saturated heterocycles. The Bertz CT molecular complexity index is 1090. The lowest BCUT2D eigenvalue weighted by molar-refractivity contribution is 0.0463. The van der Waals surface area contributed by atoms with Gasteiger partial charge in [0.2, 0.25) is 0 Å². The highest BCUT2D eigenvalue weighted by atomic mass is 16.6. The number of alkyl carbamates (subject to hydrolysis) is 1. The van der Waals surface area contributed by atoms with Crippen LogP contribution in [-0.2, 0) is 10.3 Å². The topological polar surface area (TPSA) is 89.4 Å². The number of pyridine rings is 1. The van der Waals surface area contributed by atoms with Crippen molar-refractivity contribution < 1.29 is 14.3 Å². The fourth-order valence-corrected chi connectivity index (χ4v) is 4.68. The van der Waals surface area contributed by atoms with Crippen molar-refractivity contribution in [3.05, 3.63) is 23.0 Å². The summed E-state index contributed by atoms with van der Waals surface area (Å²) in [6.07, 6.45) is 4.62. The van der Waals surface area contributed by atoms with E-state index in [0.717, 1.165) is 54.5 Å². The molecule has 2 amide bonds. The molecule has 8 nitrogen and oxygen atoms in total. The first kappa shape index (κ1) is 24.5. The second kappa shape index (κ2) is 8.86. The van der Waals surface area contributed by atoms with Gasteiger partial charge in [0.05, 0.1) is 22.2 Å². The van der Waals surface area contributed by atoms with E-state index in [1.165, 1.54) is 0 Å². The lowest BCUT2D eigenvalue weighted by atomic mass is 9.99. The van der Waals surface area contributed by atoms with Gasteiger partial charge in [-0.2, -0.15) is 5.10 Å². The lowest BCUT2D eigenvalue weighted by Gasteiger charge is -2.36. The summed E-state index contributed by atoms with van der Waals surface area (Å²) in [4.78, 5) is 33.2. The molecule has 2 aliphatic rings. The number of ether oxygens (including phenoxy) is 1. The van der Waals surface area contributed by atoms with E-state index in [-0.39, 0.29) is 17.5 Å². The molecule has 34 heavy (non-hydrogen) atoms. The third kappa shape index (κ3) is 5.20. The van der Waals surface area contributed by atoms with Crippen LogP contribution >= 0.6 is 0 Å². The second-order valence-corrected chi connectivity index (χ2v) is 11.8. The Morgan fingerprint density at radius 3 is 2.44 bits per heavy atom. The summed E-state index contributed by atoms with van der Waals surface area (Å²) < 4.78 is 7.35. The monoisotopic (exact) mass is 469 g/mol. The molecule has 0 radical (unpaired) electrons. The lowest BCUT2D eigenvalue weighted by Crippen LogP contribution is -2.50. The van der Waals surface area contributed by atoms with Crippen molar-refractivity contribution in [2.45, 2.75) is 104 Å². The van der Waals surface area contributed by atoms with Gasteiger partial charge in [-0.1, -0.05) is 0 Å². The molecular formula is C26H39N5O3. The summed E-state index contributed by atoms with van der Waals surface area (Å²) in [5.41, 5.74) is 2.48. The second-order valence-electron chi connectivity index (χ2n) is 11.8. The minimum Gasteiger partial charge on any atom is -0.444 e. The minimum atomic E-state index is -0.557. The van der Waals surface area contributed by atoms with Crippen LogP contribution in [-0.4, -0.2) is 56.4 Å². The molecule has 1 aliphatic heterocycles. The number of aromatic nitrogens is 3. The molecule has 0 bridgehead atoms. The number of rotatable bonds is 4. The molecule has 0 spiro atoms. The number of fused-ring (bicyclic) bond motifs is 1. The molecule has 1 saturated carbocycles. The van der Waals surface area contributed by atoms with Gasteiger partial charge in [0.25, 0.3) is 5.91 Å². The summed E-state index contributed by atoms with van der Waals surface area (Å²) in [6.45, 7) is 14.9. The average molecular weight is 470 g/mol. The largest absolute Gasteiger partial charge is 0.444 e. The molecule has 186 valence electrons. The van der Waals surface area contributed by atoms with Crippen LogP contribution in [0.25, 0.3) is 11.0 Å². The standard InChI is InChI=1S/C26H39N5O3/c1-16-21-19(14-20(17-11-12-17)28-22(21)31(29-16)25(2,3)4)23(32)30-13-9-8-10-18(30)15-27-24(33)34-26(5,6)7/h14,17-18H,8-13,15H2,1-7H3,(H,27,33). The zero-order valence-electron chi connectivity index (χ0n) is 21.7. The van der Waals surface area contributed by atoms with Crippen molar-refractivity contribution in [1.82, 2.24) is 25.0 Å². The van der Waals surface area contributed by atoms with Crippen LogP contribution < -0.4 is 5.32 Å². The van der Waals surface area contributed by atoms with Gasteiger partial charge in [-0.25, -0.2) is 14.5 Å². The Balaban J connectivity index is 1.66. The van der Waals surface area contributed by atoms with Crippen LogP contribution in [0.5, 0.6) is 0 Å². The first-order valence-electron chi connectivity index (χ1n) is 12.5. The van der Waals surface area contributed by atoms with Crippen LogP contribution in [0.15, 0.2) is 6.07 Å². The van der Waals surface area contributed by atoms with Gasteiger partial charge in [0.1, 0.15) is 5.60 Å². The van der Waals surface area contributed by atoms with Gasteiger partial charge in [0.15, 0.2) is 5.65 Å². The third-order valence-corrected chi connectivity index (χ3v) is 6.46. The predicted octanol–water partition coefficient (Wildman–Crippen LogP) is 4.89. The summed E-state index contributed by atoms with van der Waals surface area (Å²) >= 11 is 0. The summed E-state index contributed by atoms with van der Waals surface area (Å²) in [5.74, 6) is 0.423. The van der Waals surface area contributed by atoms with E-state index in [1.807, 2.05) is 43.3 Å². The SMILES string of the molecule is Cc1nn(C(C)(C)C)c2nc(C3CC3)cc(C(=O)N3CCCCC3CNC(=O)OC(C)(C)C)c12. The molecule has 0 aromatic carbocycles. The molecule has 1 unspecified atom stereocenters. The fourth-order valence-electron chi connectivity index (χ4n) is 4.68. The van der Waals surface area contributed by atoms with Crippen molar-refractivity contribution >= 4 is 23.0 Å². The normalized spacial score (nSPS) is 19.4.